The minimum absolute atomic E-state index is 0.474. The highest BCUT2D eigenvalue weighted by molar-refractivity contribution is 5.85. The summed E-state index contributed by atoms with van der Waals surface area (Å²) in [7, 11) is 0. The smallest absolute Gasteiger partial charge is 0.322 e. The number of rotatable bonds is 7. The van der Waals surface area contributed by atoms with Crippen LogP contribution in [0.25, 0.3) is 0 Å². The van der Waals surface area contributed by atoms with Gasteiger partial charge in [-0.2, -0.15) is 0 Å². The molecule has 0 fully saturated rings. The Bertz CT molecular complexity index is 238. The number of carboxylic acid groups (broad SMARTS) is 1. The van der Waals surface area contributed by atoms with E-state index in [-0.39, 0.29) is 0 Å². The summed E-state index contributed by atoms with van der Waals surface area (Å²) in [5.74, 6) is -1.82. The van der Waals surface area contributed by atoms with Gasteiger partial charge in [-0.3, -0.25) is 9.59 Å². The summed E-state index contributed by atoms with van der Waals surface area (Å²) in [5.41, 5.74) is 0. The molecule has 0 aromatic heterocycles. The lowest BCUT2D eigenvalue weighted by molar-refractivity contribution is -0.138. The summed E-state index contributed by atoms with van der Waals surface area (Å²) in [4.78, 5) is 21.1. The van der Waals surface area contributed by atoms with Crippen LogP contribution in [0, 0.1) is 0 Å². The summed E-state index contributed by atoms with van der Waals surface area (Å²) in [6, 6.07) is 0. The quantitative estimate of drug-likeness (QED) is 0.421. The van der Waals surface area contributed by atoms with Crippen molar-refractivity contribution >= 4 is 11.9 Å². The largest absolute Gasteiger partial charge is 0.480 e. The molecule has 5 heteroatoms. The number of aliphatic hydroxyl groups excluding tert-OH is 1. The van der Waals surface area contributed by atoms with E-state index in [9.17, 15) is 14.7 Å². The van der Waals surface area contributed by atoms with Crippen molar-refractivity contribution in [3.63, 3.8) is 0 Å². The number of aliphatic carboxylic acids is 1. The predicted molar refractivity (Wildman–Crippen MR) is 55.3 cm³/mol. The van der Waals surface area contributed by atoms with E-state index >= 15 is 0 Å². The number of unbranched alkanes of at least 4 members (excludes halogenated alkanes) is 2. The van der Waals surface area contributed by atoms with Gasteiger partial charge in [-0.25, -0.2) is 0 Å². The van der Waals surface area contributed by atoms with E-state index in [1.807, 2.05) is 6.92 Å². The molecule has 0 aliphatic heterocycles. The third-order valence-electron chi connectivity index (χ3n) is 1.73. The number of amides is 1. The standard InChI is InChI=1S/C10H17NO4/c1-2-3-4-5-6-8(12)10(15)11-7-9(13)14/h5-6,8,12H,2-4,7H2,1H3,(H,11,15)(H,13,14)/b6-5+. The van der Waals surface area contributed by atoms with Crippen molar-refractivity contribution in [2.45, 2.75) is 32.3 Å². The average Bonchev–Trinajstić information content (AvgIpc) is 2.20. The van der Waals surface area contributed by atoms with Crippen LogP contribution in [0.2, 0.25) is 0 Å². The van der Waals surface area contributed by atoms with E-state index < -0.39 is 24.5 Å². The number of allylic oxidation sites excluding steroid dienone is 1. The number of carboxylic acids is 1. The fraction of sp³-hybridized carbons (Fsp3) is 0.600. The van der Waals surface area contributed by atoms with Gasteiger partial charge < -0.3 is 15.5 Å². The molecule has 3 N–H and O–H groups in total. The minimum atomic E-state index is -1.26. The van der Waals surface area contributed by atoms with Crippen molar-refractivity contribution < 1.29 is 19.8 Å². The van der Waals surface area contributed by atoms with Crippen LogP contribution < -0.4 is 5.32 Å². The molecule has 0 aromatic carbocycles. The molecule has 0 radical (unpaired) electrons. The molecule has 1 unspecified atom stereocenters. The zero-order valence-corrected chi connectivity index (χ0v) is 8.77. The van der Waals surface area contributed by atoms with Crippen LogP contribution in [0.4, 0.5) is 0 Å². The predicted octanol–water partition coefficient (Wildman–Crippen LogP) is 0.294. The molecule has 0 heterocycles. The van der Waals surface area contributed by atoms with Gasteiger partial charge in [-0.1, -0.05) is 31.9 Å². The van der Waals surface area contributed by atoms with Crippen molar-refractivity contribution in [2.75, 3.05) is 6.54 Å². The SMILES string of the molecule is CCCC/C=C/C(O)C(=O)NCC(=O)O. The lowest BCUT2D eigenvalue weighted by Gasteiger charge is -2.05. The maximum Gasteiger partial charge on any atom is 0.322 e. The van der Waals surface area contributed by atoms with Gasteiger partial charge in [0.05, 0.1) is 0 Å². The molecule has 5 nitrogen and oxygen atoms in total. The van der Waals surface area contributed by atoms with Gasteiger partial charge in [-0.15, -0.1) is 0 Å². The third-order valence-corrected chi connectivity index (χ3v) is 1.73. The number of carbonyl (C=O) groups is 2. The topological polar surface area (TPSA) is 86.6 Å². The first-order valence-electron chi connectivity index (χ1n) is 4.92. The van der Waals surface area contributed by atoms with Gasteiger partial charge in [0.1, 0.15) is 6.54 Å². The summed E-state index contributed by atoms with van der Waals surface area (Å²) < 4.78 is 0. The molecule has 0 saturated heterocycles. The highest BCUT2D eigenvalue weighted by Crippen LogP contribution is 1.96. The normalized spacial score (nSPS) is 12.7. The monoisotopic (exact) mass is 215 g/mol. The highest BCUT2D eigenvalue weighted by atomic mass is 16.4. The second kappa shape index (κ2) is 7.99. The number of hydrogen-bond acceptors (Lipinski definition) is 3. The van der Waals surface area contributed by atoms with Gasteiger partial charge in [0.25, 0.3) is 5.91 Å². The van der Waals surface area contributed by atoms with Gasteiger partial charge in [-0.05, 0) is 6.42 Å². The Labute approximate surface area is 88.8 Å². The number of nitrogens with one attached hydrogen (secondary N) is 1. The second-order valence-corrected chi connectivity index (χ2v) is 3.13. The van der Waals surface area contributed by atoms with Crippen LogP contribution in [0.1, 0.15) is 26.2 Å². The summed E-state index contributed by atoms with van der Waals surface area (Å²) in [5, 5.41) is 19.6. The molecule has 1 atom stereocenters. The Morgan fingerprint density at radius 1 is 1.47 bits per heavy atom. The fourth-order valence-electron chi connectivity index (χ4n) is 0.902. The third kappa shape index (κ3) is 7.69. The summed E-state index contributed by atoms with van der Waals surface area (Å²) in [6.07, 6.45) is 4.67. The molecule has 0 aliphatic carbocycles. The van der Waals surface area contributed by atoms with Crippen molar-refractivity contribution in [3.8, 4) is 0 Å². The van der Waals surface area contributed by atoms with E-state index in [1.165, 1.54) is 6.08 Å². The molecule has 0 aliphatic rings. The lowest BCUT2D eigenvalue weighted by atomic mass is 10.2. The van der Waals surface area contributed by atoms with Crippen LogP contribution in [0.5, 0.6) is 0 Å². The highest BCUT2D eigenvalue weighted by Gasteiger charge is 2.11. The van der Waals surface area contributed by atoms with Crippen molar-refractivity contribution in [2.24, 2.45) is 0 Å². The lowest BCUT2D eigenvalue weighted by Crippen LogP contribution is -2.36. The number of hydrogen-bond donors (Lipinski definition) is 3. The van der Waals surface area contributed by atoms with Crippen LogP contribution >= 0.6 is 0 Å². The molecular weight excluding hydrogens is 198 g/mol. The Hall–Kier alpha value is -1.36. The maximum absolute atomic E-state index is 11.0. The van der Waals surface area contributed by atoms with Crippen molar-refractivity contribution in [1.82, 2.24) is 5.32 Å². The van der Waals surface area contributed by atoms with Crippen molar-refractivity contribution in [3.05, 3.63) is 12.2 Å². The van der Waals surface area contributed by atoms with E-state index in [0.29, 0.717) is 0 Å². The molecule has 0 bridgehead atoms. The zero-order valence-electron chi connectivity index (χ0n) is 8.77. The summed E-state index contributed by atoms with van der Waals surface area (Å²) in [6.45, 7) is 1.57. The van der Waals surface area contributed by atoms with E-state index in [1.54, 1.807) is 6.08 Å². The van der Waals surface area contributed by atoms with Crippen LogP contribution in [-0.4, -0.2) is 34.7 Å². The van der Waals surface area contributed by atoms with Gasteiger partial charge >= 0.3 is 5.97 Å². The minimum Gasteiger partial charge on any atom is -0.480 e. The Balaban J connectivity index is 3.77. The first kappa shape index (κ1) is 13.6. The molecule has 0 saturated carbocycles. The Kier molecular flexibility index (Phi) is 7.27. The Morgan fingerprint density at radius 2 is 2.13 bits per heavy atom. The fourth-order valence-corrected chi connectivity index (χ4v) is 0.902. The van der Waals surface area contributed by atoms with Gasteiger partial charge in [0.2, 0.25) is 0 Å². The summed E-state index contributed by atoms with van der Waals surface area (Å²) >= 11 is 0. The van der Waals surface area contributed by atoms with Gasteiger partial charge in [0.15, 0.2) is 6.10 Å². The molecular formula is C10H17NO4. The van der Waals surface area contributed by atoms with E-state index in [2.05, 4.69) is 5.32 Å². The molecule has 0 spiro atoms. The first-order chi connectivity index (χ1) is 7.07. The molecule has 15 heavy (non-hydrogen) atoms. The average molecular weight is 215 g/mol. The van der Waals surface area contributed by atoms with E-state index in [4.69, 9.17) is 5.11 Å². The number of carbonyl (C=O) groups excluding carboxylic acids is 1. The molecule has 86 valence electrons. The first-order valence-corrected chi connectivity index (χ1v) is 4.92. The molecule has 0 aromatic rings. The number of aliphatic hydroxyl groups is 1. The van der Waals surface area contributed by atoms with Crippen molar-refractivity contribution in [1.29, 1.82) is 0 Å². The molecule has 0 rings (SSSR count). The van der Waals surface area contributed by atoms with Crippen LogP contribution in [0.3, 0.4) is 0 Å². The Morgan fingerprint density at radius 3 is 2.67 bits per heavy atom. The molecule has 1 amide bonds. The zero-order chi connectivity index (χ0) is 11.7. The van der Waals surface area contributed by atoms with Gasteiger partial charge in [0, 0.05) is 0 Å². The maximum atomic E-state index is 11.0. The van der Waals surface area contributed by atoms with Crippen LogP contribution in [0.15, 0.2) is 12.2 Å². The van der Waals surface area contributed by atoms with Crippen LogP contribution in [-0.2, 0) is 9.59 Å². The van der Waals surface area contributed by atoms with E-state index in [0.717, 1.165) is 19.3 Å². The second-order valence-electron chi connectivity index (χ2n) is 3.13.